The minimum atomic E-state index is -1.19. The van der Waals surface area contributed by atoms with E-state index in [0.29, 0.717) is 0 Å². The minimum absolute atomic E-state index is 0.829. The number of carbonyl (C=O) groups excluding carboxylic acids is 1. The van der Waals surface area contributed by atoms with E-state index in [9.17, 15) is 9.90 Å². The van der Waals surface area contributed by atoms with Crippen LogP contribution in [0.3, 0.4) is 0 Å². The van der Waals surface area contributed by atoms with Crippen LogP contribution in [-0.2, 0) is 4.79 Å². The van der Waals surface area contributed by atoms with E-state index in [4.69, 9.17) is 0 Å². The van der Waals surface area contributed by atoms with Gasteiger partial charge in [-0.2, -0.15) is 0 Å². The first-order chi connectivity index (χ1) is 6.09. The van der Waals surface area contributed by atoms with Crippen molar-refractivity contribution in [3.05, 3.63) is 39.9 Å². The molecule has 0 aliphatic rings. The molecule has 0 fully saturated rings. The minimum Gasteiger partial charge on any atom is -0.545 e. The Morgan fingerprint density at radius 3 is 2.77 bits per heavy atom. The van der Waals surface area contributed by atoms with Gasteiger partial charge in [0.1, 0.15) is 0 Å². The molecule has 2 nitrogen and oxygen atoms in total. The summed E-state index contributed by atoms with van der Waals surface area (Å²) < 4.78 is 0.880. The number of hydrogen-bond donors (Lipinski definition) is 0. The third-order valence-electron chi connectivity index (χ3n) is 1.55. The maximum absolute atomic E-state index is 10.1. The van der Waals surface area contributed by atoms with Crippen LogP contribution in [-0.4, -0.2) is 5.97 Å². The summed E-state index contributed by atoms with van der Waals surface area (Å²) in [5.41, 5.74) is 1.95. The molecular formula is C10H8BrO2-. The molecule has 0 amide bonds. The quantitative estimate of drug-likeness (QED) is 0.735. The van der Waals surface area contributed by atoms with E-state index in [1.807, 2.05) is 25.1 Å². The van der Waals surface area contributed by atoms with Gasteiger partial charge in [-0.25, -0.2) is 0 Å². The lowest BCUT2D eigenvalue weighted by molar-refractivity contribution is -0.297. The Hall–Kier alpha value is -1.09. The van der Waals surface area contributed by atoms with Gasteiger partial charge in [0.05, 0.1) is 5.97 Å². The molecule has 0 aliphatic heterocycles. The molecule has 0 radical (unpaired) electrons. The van der Waals surface area contributed by atoms with Crippen LogP contribution < -0.4 is 5.11 Å². The summed E-state index contributed by atoms with van der Waals surface area (Å²) in [6.45, 7) is 1.97. The largest absolute Gasteiger partial charge is 0.545 e. The Kier molecular flexibility index (Phi) is 3.25. The molecule has 0 saturated carbocycles. The van der Waals surface area contributed by atoms with Gasteiger partial charge >= 0.3 is 0 Å². The standard InChI is InChI=1S/C10H9BrO2/c1-7-2-3-8(9(11)6-7)4-5-10(12)13/h2-6H,1H3,(H,12,13)/p-1/b5-4+. The molecule has 0 bridgehead atoms. The summed E-state index contributed by atoms with van der Waals surface area (Å²) >= 11 is 3.33. The lowest BCUT2D eigenvalue weighted by Gasteiger charge is -1.99. The number of rotatable bonds is 2. The zero-order valence-electron chi connectivity index (χ0n) is 7.08. The topological polar surface area (TPSA) is 40.1 Å². The molecule has 0 heterocycles. The third-order valence-corrected chi connectivity index (χ3v) is 2.24. The van der Waals surface area contributed by atoms with E-state index in [1.165, 1.54) is 6.08 Å². The van der Waals surface area contributed by atoms with Crippen molar-refractivity contribution in [2.45, 2.75) is 6.92 Å². The highest BCUT2D eigenvalue weighted by molar-refractivity contribution is 9.10. The average Bonchev–Trinajstić information content (AvgIpc) is 2.02. The van der Waals surface area contributed by atoms with Gasteiger partial charge in [0.2, 0.25) is 0 Å². The molecule has 0 unspecified atom stereocenters. The van der Waals surface area contributed by atoms with Gasteiger partial charge in [0, 0.05) is 4.47 Å². The van der Waals surface area contributed by atoms with E-state index in [0.717, 1.165) is 21.7 Å². The van der Waals surface area contributed by atoms with Crippen LogP contribution in [0.2, 0.25) is 0 Å². The number of aliphatic carboxylic acids is 1. The van der Waals surface area contributed by atoms with Gasteiger partial charge in [-0.05, 0) is 30.2 Å². The van der Waals surface area contributed by atoms with Gasteiger partial charge < -0.3 is 9.90 Å². The number of carboxylic acid groups (broad SMARTS) is 1. The van der Waals surface area contributed by atoms with Crippen molar-refractivity contribution in [3.63, 3.8) is 0 Å². The second-order valence-corrected chi connectivity index (χ2v) is 3.53. The van der Waals surface area contributed by atoms with Gasteiger partial charge in [-0.1, -0.05) is 34.1 Å². The van der Waals surface area contributed by atoms with Gasteiger partial charge in [-0.3, -0.25) is 0 Å². The molecule has 0 aromatic heterocycles. The SMILES string of the molecule is Cc1ccc(/C=C/C(=O)[O-])c(Br)c1. The summed E-state index contributed by atoms with van der Waals surface area (Å²) in [4.78, 5) is 10.1. The summed E-state index contributed by atoms with van der Waals surface area (Å²) in [7, 11) is 0. The molecule has 0 atom stereocenters. The van der Waals surface area contributed by atoms with Crippen LogP contribution >= 0.6 is 15.9 Å². The number of carbonyl (C=O) groups is 1. The van der Waals surface area contributed by atoms with Crippen LogP contribution in [0.25, 0.3) is 6.08 Å². The predicted octanol–water partition coefficient (Wildman–Crippen LogP) is 1.52. The van der Waals surface area contributed by atoms with Gasteiger partial charge in [-0.15, -0.1) is 0 Å². The summed E-state index contributed by atoms with van der Waals surface area (Å²) in [5, 5.41) is 10.1. The lowest BCUT2D eigenvalue weighted by atomic mass is 10.1. The second kappa shape index (κ2) is 4.23. The number of halogens is 1. The molecule has 0 aliphatic carbocycles. The Morgan fingerprint density at radius 2 is 2.23 bits per heavy atom. The van der Waals surface area contributed by atoms with Crippen LogP contribution in [0.1, 0.15) is 11.1 Å². The molecule has 0 N–H and O–H groups in total. The smallest absolute Gasteiger partial charge is 0.0643 e. The van der Waals surface area contributed by atoms with Crippen molar-refractivity contribution in [1.29, 1.82) is 0 Å². The summed E-state index contributed by atoms with van der Waals surface area (Å²) in [6, 6.07) is 5.69. The predicted molar refractivity (Wildman–Crippen MR) is 52.9 cm³/mol. The highest BCUT2D eigenvalue weighted by atomic mass is 79.9. The van der Waals surface area contributed by atoms with E-state index in [1.54, 1.807) is 0 Å². The highest BCUT2D eigenvalue weighted by Crippen LogP contribution is 2.19. The molecule has 0 saturated heterocycles. The van der Waals surface area contributed by atoms with Crippen LogP contribution in [0, 0.1) is 6.92 Å². The molecule has 1 aromatic rings. The fourth-order valence-electron chi connectivity index (χ4n) is 0.925. The Bertz CT molecular complexity index is 356. The number of benzene rings is 1. The monoisotopic (exact) mass is 239 g/mol. The zero-order valence-corrected chi connectivity index (χ0v) is 8.67. The van der Waals surface area contributed by atoms with E-state index in [-0.39, 0.29) is 0 Å². The Labute approximate surface area is 85.0 Å². The van der Waals surface area contributed by atoms with Crippen molar-refractivity contribution in [3.8, 4) is 0 Å². The van der Waals surface area contributed by atoms with Gasteiger partial charge in [0.15, 0.2) is 0 Å². The highest BCUT2D eigenvalue weighted by Gasteiger charge is 1.94. The van der Waals surface area contributed by atoms with Crippen molar-refractivity contribution in [2.75, 3.05) is 0 Å². The van der Waals surface area contributed by atoms with Crippen LogP contribution in [0.15, 0.2) is 28.7 Å². The molecular weight excluding hydrogens is 232 g/mol. The fourth-order valence-corrected chi connectivity index (χ4v) is 1.55. The Morgan fingerprint density at radius 1 is 1.54 bits per heavy atom. The molecule has 1 aromatic carbocycles. The first-order valence-corrected chi connectivity index (χ1v) is 4.54. The normalized spacial score (nSPS) is 10.6. The molecule has 1 rings (SSSR count). The van der Waals surface area contributed by atoms with Crippen molar-refractivity contribution in [1.82, 2.24) is 0 Å². The van der Waals surface area contributed by atoms with Gasteiger partial charge in [0.25, 0.3) is 0 Å². The third kappa shape index (κ3) is 3.03. The van der Waals surface area contributed by atoms with E-state index < -0.39 is 5.97 Å². The maximum atomic E-state index is 10.1. The van der Waals surface area contributed by atoms with Crippen molar-refractivity contribution < 1.29 is 9.90 Å². The Balaban J connectivity index is 2.96. The number of carboxylic acids is 1. The summed E-state index contributed by atoms with van der Waals surface area (Å²) in [5.74, 6) is -1.19. The number of hydrogen-bond acceptors (Lipinski definition) is 2. The van der Waals surface area contributed by atoms with Crippen molar-refractivity contribution in [2.24, 2.45) is 0 Å². The van der Waals surface area contributed by atoms with E-state index >= 15 is 0 Å². The molecule has 3 heteroatoms. The second-order valence-electron chi connectivity index (χ2n) is 2.68. The maximum Gasteiger partial charge on any atom is 0.0643 e. The molecule has 13 heavy (non-hydrogen) atoms. The first-order valence-electron chi connectivity index (χ1n) is 3.75. The lowest BCUT2D eigenvalue weighted by Crippen LogP contribution is -2.18. The molecule has 68 valence electrons. The molecule has 0 spiro atoms. The zero-order chi connectivity index (χ0) is 9.84. The van der Waals surface area contributed by atoms with E-state index in [2.05, 4.69) is 15.9 Å². The van der Waals surface area contributed by atoms with Crippen molar-refractivity contribution >= 4 is 28.0 Å². The first kappa shape index (κ1) is 9.99. The fraction of sp³-hybridized carbons (Fsp3) is 0.100. The average molecular weight is 240 g/mol. The van der Waals surface area contributed by atoms with Crippen LogP contribution in [0.5, 0.6) is 0 Å². The van der Waals surface area contributed by atoms with Crippen LogP contribution in [0.4, 0.5) is 0 Å². The summed E-state index contributed by atoms with van der Waals surface area (Å²) in [6.07, 6.45) is 2.51. The number of aryl methyl sites for hydroxylation is 1.